The summed E-state index contributed by atoms with van der Waals surface area (Å²) in [5.41, 5.74) is -1.26. The molecule has 0 aliphatic carbocycles. The number of alkyl halides is 2. The van der Waals surface area contributed by atoms with E-state index in [2.05, 4.69) is 14.7 Å². The van der Waals surface area contributed by atoms with Gasteiger partial charge in [0.15, 0.2) is 34.9 Å². The molecule has 11 heteroatoms. The second-order valence-electron chi connectivity index (χ2n) is 7.56. The molecule has 1 aromatic heterocycles. The molecule has 0 unspecified atom stereocenters. The Morgan fingerprint density at radius 2 is 1.49 bits per heavy atom. The maximum Gasteiger partial charge on any atom is 0.429 e. The van der Waals surface area contributed by atoms with Gasteiger partial charge in [0, 0.05) is 18.5 Å². The molecule has 0 bridgehead atoms. The summed E-state index contributed by atoms with van der Waals surface area (Å²) >= 11 is 0. The van der Waals surface area contributed by atoms with Crippen molar-refractivity contribution in [3.8, 4) is 17.1 Å². The van der Waals surface area contributed by atoms with Crippen LogP contribution in [0, 0.1) is 34.9 Å². The van der Waals surface area contributed by atoms with Crippen LogP contribution in [0.2, 0.25) is 0 Å². The lowest BCUT2D eigenvalue weighted by molar-refractivity contribution is -0.187. The first-order valence-corrected chi connectivity index (χ1v) is 10.2. The maximum atomic E-state index is 14.7. The Bertz CT molecular complexity index is 1420. The minimum atomic E-state index is -4.54. The summed E-state index contributed by atoms with van der Waals surface area (Å²) in [6, 6.07) is 2.64. The quantitative estimate of drug-likeness (QED) is 0.208. The average molecular weight is 498 g/mol. The summed E-state index contributed by atoms with van der Waals surface area (Å²) in [4.78, 5) is 7.84. The van der Waals surface area contributed by atoms with Gasteiger partial charge in [-0.3, -0.25) is 0 Å². The monoisotopic (exact) mass is 498 g/mol. The van der Waals surface area contributed by atoms with Crippen molar-refractivity contribution in [1.82, 2.24) is 9.97 Å². The first-order chi connectivity index (χ1) is 16.5. The smallest absolute Gasteiger partial charge is 0.429 e. The van der Waals surface area contributed by atoms with E-state index >= 15 is 0 Å². The first-order valence-electron chi connectivity index (χ1n) is 10.2. The van der Waals surface area contributed by atoms with Crippen LogP contribution in [0.25, 0.3) is 22.2 Å². The van der Waals surface area contributed by atoms with Crippen molar-refractivity contribution in [3.63, 3.8) is 0 Å². The van der Waals surface area contributed by atoms with Crippen LogP contribution in [0.15, 0.2) is 42.7 Å². The highest BCUT2D eigenvalue weighted by Crippen LogP contribution is 2.38. The summed E-state index contributed by atoms with van der Waals surface area (Å²) in [7, 11) is 0. The fraction of sp³-hybridized carbons (Fsp3) is 0.167. The predicted molar refractivity (Wildman–Crippen MR) is 110 cm³/mol. The lowest BCUT2D eigenvalue weighted by atomic mass is 10.1. The van der Waals surface area contributed by atoms with Gasteiger partial charge in [0.25, 0.3) is 0 Å². The normalized spacial score (nSPS) is 11.8. The van der Waals surface area contributed by atoms with Gasteiger partial charge in [0.1, 0.15) is 17.1 Å². The molecule has 0 aliphatic rings. The number of aryl methyl sites for hydroxylation is 1. The molecule has 1 heterocycles. The van der Waals surface area contributed by atoms with E-state index in [0.717, 1.165) is 18.1 Å². The molecule has 182 valence electrons. The Balaban J connectivity index is 1.69. The molecule has 0 saturated heterocycles. The number of hydrogen-bond acceptors (Lipinski definition) is 3. The predicted octanol–water partition coefficient (Wildman–Crippen LogP) is 7.21. The minimum absolute atomic E-state index is 0.232. The third-order valence-corrected chi connectivity index (χ3v) is 5.13. The maximum absolute atomic E-state index is 14.7. The van der Waals surface area contributed by atoms with E-state index in [4.69, 9.17) is 0 Å². The van der Waals surface area contributed by atoms with E-state index in [1.165, 1.54) is 12.4 Å². The topological polar surface area (TPSA) is 35.0 Å². The lowest BCUT2D eigenvalue weighted by Crippen LogP contribution is -2.24. The van der Waals surface area contributed by atoms with Crippen LogP contribution in [-0.4, -0.2) is 9.97 Å². The molecule has 0 aliphatic heterocycles. The molecule has 0 amide bonds. The molecule has 0 atom stereocenters. The van der Waals surface area contributed by atoms with Crippen LogP contribution in [0.4, 0.5) is 35.1 Å². The number of fused-ring (bicyclic) bond motifs is 1. The zero-order valence-electron chi connectivity index (χ0n) is 17.8. The zero-order chi connectivity index (χ0) is 25.5. The van der Waals surface area contributed by atoms with Crippen LogP contribution >= 0.6 is 0 Å². The van der Waals surface area contributed by atoms with E-state index < -0.39 is 68.7 Å². The zero-order valence-corrected chi connectivity index (χ0v) is 17.8. The second kappa shape index (κ2) is 9.12. The highest BCUT2D eigenvalue weighted by atomic mass is 19.3. The summed E-state index contributed by atoms with van der Waals surface area (Å²) < 4.78 is 118. The summed E-state index contributed by atoms with van der Waals surface area (Å²) in [6.07, 6.45) is -0.270. The van der Waals surface area contributed by atoms with E-state index in [1.807, 2.05) is 6.92 Å². The Kier molecular flexibility index (Phi) is 6.35. The molecule has 0 radical (unpaired) electrons. The fourth-order valence-corrected chi connectivity index (χ4v) is 3.48. The Morgan fingerprint density at radius 3 is 2.14 bits per heavy atom. The first kappa shape index (κ1) is 24.4. The minimum Gasteiger partial charge on any atom is -0.429 e. The van der Waals surface area contributed by atoms with E-state index in [-0.39, 0.29) is 11.9 Å². The number of rotatable bonds is 6. The van der Waals surface area contributed by atoms with Crippen molar-refractivity contribution in [3.05, 3.63) is 88.8 Å². The van der Waals surface area contributed by atoms with Crippen LogP contribution in [0.3, 0.4) is 0 Å². The van der Waals surface area contributed by atoms with Crippen molar-refractivity contribution < 1.29 is 39.9 Å². The summed E-state index contributed by atoms with van der Waals surface area (Å²) in [5.74, 6) is -11.9. The van der Waals surface area contributed by atoms with E-state index in [1.54, 1.807) is 0 Å². The van der Waals surface area contributed by atoms with E-state index in [9.17, 15) is 35.1 Å². The molecular formula is C24H14F8N2O. The Labute approximate surface area is 193 Å². The molecule has 0 N–H and O–H groups in total. The van der Waals surface area contributed by atoms with Crippen molar-refractivity contribution >= 4 is 10.8 Å². The molecule has 4 aromatic rings. The van der Waals surface area contributed by atoms with Gasteiger partial charge in [-0.25, -0.2) is 36.3 Å². The van der Waals surface area contributed by atoms with Gasteiger partial charge < -0.3 is 4.74 Å². The summed E-state index contributed by atoms with van der Waals surface area (Å²) in [5, 5.41) is -1.62. The Morgan fingerprint density at radius 1 is 0.800 bits per heavy atom. The lowest BCUT2D eigenvalue weighted by Gasteiger charge is -2.20. The fourth-order valence-electron chi connectivity index (χ4n) is 3.48. The molecule has 0 fully saturated rings. The number of benzene rings is 3. The molecule has 0 saturated carbocycles. The molecule has 0 spiro atoms. The van der Waals surface area contributed by atoms with Crippen LogP contribution in [-0.2, 0) is 12.5 Å². The van der Waals surface area contributed by atoms with Crippen LogP contribution in [0.5, 0.6) is 5.75 Å². The largest absolute Gasteiger partial charge is 0.429 e. The van der Waals surface area contributed by atoms with Gasteiger partial charge in [-0.15, -0.1) is 0 Å². The van der Waals surface area contributed by atoms with Gasteiger partial charge in [0.2, 0.25) is 0 Å². The molecule has 3 nitrogen and oxygen atoms in total. The van der Waals surface area contributed by atoms with Gasteiger partial charge in [-0.1, -0.05) is 13.3 Å². The van der Waals surface area contributed by atoms with Gasteiger partial charge in [-0.2, -0.15) is 8.78 Å². The van der Waals surface area contributed by atoms with Crippen molar-refractivity contribution in [2.45, 2.75) is 25.9 Å². The second-order valence-corrected chi connectivity index (χ2v) is 7.56. The number of halogens is 8. The number of aromatic nitrogens is 2. The number of ether oxygens (including phenoxy) is 1. The van der Waals surface area contributed by atoms with Gasteiger partial charge in [-0.05, 0) is 41.6 Å². The highest BCUT2D eigenvalue weighted by molar-refractivity contribution is 5.85. The van der Waals surface area contributed by atoms with Crippen molar-refractivity contribution in [2.75, 3.05) is 0 Å². The molecule has 4 rings (SSSR count). The third kappa shape index (κ3) is 4.50. The van der Waals surface area contributed by atoms with Crippen molar-refractivity contribution in [1.29, 1.82) is 0 Å². The molecule has 3 aromatic carbocycles. The average Bonchev–Trinajstić information content (AvgIpc) is 2.79. The van der Waals surface area contributed by atoms with Gasteiger partial charge in [0.05, 0.1) is 10.9 Å². The van der Waals surface area contributed by atoms with Crippen molar-refractivity contribution in [2.24, 2.45) is 0 Å². The Hall–Kier alpha value is -3.76. The van der Waals surface area contributed by atoms with Gasteiger partial charge >= 0.3 is 6.11 Å². The molecular weight excluding hydrogens is 484 g/mol. The number of nitrogens with zero attached hydrogens (tertiary/aromatic N) is 2. The SMILES string of the molecule is CCCc1cnc(-c2ccc(C(F)(F)Oc3cc(F)c4c(F)c(F)c(F)cc4c3)c(F)c2F)nc1. The van der Waals surface area contributed by atoms with Crippen LogP contribution < -0.4 is 4.74 Å². The number of hydrogen-bond donors (Lipinski definition) is 0. The molecule has 35 heavy (non-hydrogen) atoms. The summed E-state index contributed by atoms with van der Waals surface area (Å²) in [6.45, 7) is 1.92. The highest BCUT2D eigenvalue weighted by Gasteiger charge is 2.40. The van der Waals surface area contributed by atoms with Crippen LogP contribution in [0.1, 0.15) is 24.5 Å². The standard InChI is InChI=1S/C24H14F8N2O/c1-2-3-11-9-33-23(34-10-11)14-4-5-15(20(28)19(14)27)24(31,32)35-13-6-12-7-17(26)21(29)22(30)18(12)16(25)8-13/h4-10H,2-3H2,1H3. The van der Waals surface area contributed by atoms with E-state index in [0.29, 0.717) is 24.6 Å². The third-order valence-electron chi connectivity index (χ3n) is 5.13.